The number of rotatable bonds is 5. The number of hydrogen-bond donors (Lipinski definition) is 0. The topological polar surface area (TPSA) is 21.7 Å². The molecule has 0 aliphatic carbocycles. The first-order valence-electron chi connectivity index (χ1n) is 7.30. The molecule has 1 fully saturated rings. The molecule has 1 aliphatic rings. The van der Waals surface area contributed by atoms with Gasteiger partial charge in [-0.15, -0.1) is 0 Å². The van der Waals surface area contributed by atoms with Gasteiger partial charge in [-0.3, -0.25) is 4.90 Å². The molecule has 22 heavy (non-hydrogen) atoms. The van der Waals surface area contributed by atoms with Crippen LogP contribution < -0.4 is 9.47 Å². The maximum absolute atomic E-state index is 12.6. The lowest BCUT2D eigenvalue weighted by Crippen LogP contribution is -2.52. The average molecular weight is 317 g/mol. The molecule has 0 radical (unpaired) electrons. The lowest BCUT2D eigenvalue weighted by molar-refractivity contribution is -0.210. The first kappa shape index (κ1) is 16.9. The number of benzene rings is 1. The molecular weight excluding hydrogens is 295 g/mol. The summed E-state index contributed by atoms with van der Waals surface area (Å²) in [6, 6.07) is 3.72. The fourth-order valence-electron chi connectivity index (χ4n) is 2.86. The highest BCUT2D eigenvalue weighted by molar-refractivity contribution is 5.51. The van der Waals surface area contributed by atoms with E-state index in [0.717, 1.165) is 16.9 Å². The van der Waals surface area contributed by atoms with E-state index in [9.17, 15) is 13.2 Å². The molecule has 0 amide bonds. The molecular formula is C16H22F3NO2. The minimum absolute atomic E-state index is 0.0513. The summed E-state index contributed by atoms with van der Waals surface area (Å²) in [5, 5.41) is 0. The Hall–Kier alpha value is -1.43. The first-order valence-corrected chi connectivity index (χ1v) is 7.30. The van der Waals surface area contributed by atoms with Crippen molar-refractivity contribution < 1.29 is 22.6 Å². The average Bonchev–Trinajstić information content (AvgIpc) is 2.39. The molecule has 0 atom stereocenters. The molecule has 1 aliphatic heterocycles. The van der Waals surface area contributed by atoms with Crippen LogP contribution in [0.1, 0.15) is 30.9 Å². The number of hydrogen-bond acceptors (Lipinski definition) is 3. The van der Waals surface area contributed by atoms with Gasteiger partial charge in [0.15, 0.2) is 0 Å². The Labute approximate surface area is 129 Å². The third-order valence-corrected chi connectivity index (χ3v) is 4.05. The van der Waals surface area contributed by atoms with E-state index in [1.165, 1.54) is 0 Å². The van der Waals surface area contributed by atoms with Crippen molar-refractivity contribution >= 4 is 0 Å². The van der Waals surface area contributed by atoms with E-state index in [1.54, 1.807) is 19.1 Å². The van der Waals surface area contributed by atoms with Crippen molar-refractivity contribution in [1.29, 1.82) is 0 Å². The summed E-state index contributed by atoms with van der Waals surface area (Å²) in [6.45, 7) is 4.63. The number of halogens is 3. The second-order valence-corrected chi connectivity index (χ2v) is 5.96. The number of nitrogens with zero attached hydrogens (tertiary/aromatic N) is 1. The van der Waals surface area contributed by atoms with Gasteiger partial charge in [0, 0.05) is 30.8 Å². The Morgan fingerprint density at radius 2 is 1.82 bits per heavy atom. The van der Waals surface area contributed by atoms with Gasteiger partial charge in [-0.2, -0.15) is 13.2 Å². The minimum Gasteiger partial charge on any atom is -0.496 e. The molecule has 0 aromatic heterocycles. The lowest BCUT2D eigenvalue weighted by Gasteiger charge is -2.40. The van der Waals surface area contributed by atoms with Gasteiger partial charge in [0.05, 0.1) is 20.1 Å². The Bertz CT molecular complexity index is 523. The Morgan fingerprint density at radius 3 is 2.27 bits per heavy atom. The number of alkyl halides is 3. The van der Waals surface area contributed by atoms with E-state index in [0.29, 0.717) is 12.3 Å². The molecule has 124 valence electrons. The molecule has 6 heteroatoms. The molecule has 0 unspecified atom stereocenters. The van der Waals surface area contributed by atoms with E-state index in [4.69, 9.17) is 9.47 Å². The molecule has 0 spiro atoms. The lowest BCUT2D eigenvalue weighted by atomic mass is 9.95. The predicted molar refractivity (Wildman–Crippen MR) is 78.5 cm³/mol. The Balaban J connectivity index is 2.17. The van der Waals surface area contributed by atoms with Crippen LogP contribution >= 0.6 is 0 Å². The van der Waals surface area contributed by atoms with Crippen LogP contribution in [0.25, 0.3) is 0 Å². The molecule has 2 rings (SSSR count). The zero-order valence-electron chi connectivity index (χ0n) is 13.3. The van der Waals surface area contributed by atoms with Gasteiger partial charge in [0.25, 0.3) is 0 Å². The maximum atomic E-state index is 12.6. The molecule has 0 saturated carbocycles. The summed E-state index contributed by atoms with van der Waals surface area (Å²) in [6.07, 6.45) is -4.09. The molecule has 1 aromatic carbocycles. The van der Waals surface area contributed by atoms with Crippen molar-refractivity contribution in [2.75, 3.05) is 27.3 Å². The summed E-state index contributed by atoms with van der Waals surface area (Å²) in [4.78, 5) is 1.78. The van der Waals surface area contributed by atoms with Gasteiger partial charge in [-0.1, -0.05) is 19.9 Å². The fraction of sp³-hybridized carbons (Fsp3) is 0.625. The fourth-order valence-corrected chi connectivity index (χ4v) is 2.86. The van der Waals surface area contributed by atoms with E-state index >= 15 is 0 Å². The van der Waals surface area contributed by atoms with Crippen LogP contribution in [0.5, 0.6) is 11.5 Å². The summed E-state index contributed by atoms with van der Waals surface area (Å²) in [5.41, 5.74) is 1.85. The molecule has 0 bridgehead atoms. The third-order valence-electron chi connectivity index (χ3n) is 4.05. The molecule has 3 nitrogen and oxygen atoms in total. The minimum atomic E-state index is -4.09. The standard InChI is InChI=1S/C16H22F3NO2/c1-10(2)14-13(21-3)6-5-11(15(14)22-4)7-20-8-12(9-20)16(17,18)19/h5-6,10,12H,7-9H2,1-4H3. The maximum Gasteiger partial charge on any atom is 0.394 e. The largest absolute Gasteiger partial charge is 0.496 e. The second kappa shape index (κ2) is 6.36. The van der Waals surface area contributed by atoms with Crippen LogP contribution in [-0.4, -0.2) is 38.4 Å². The summed E-state index contributed by atoms with van der Waals surface area (Å²) < 4.78 is 48.6. The van der Waals surface area contributed by atoms with Crippen LogP contribution in [-0.2, 0) is 6.54 Å². The molecule has 1 heterocycles. The Morgan fingerprint density at radius 1 is 1.18 bits per heavy atom. The monoisotopic (exact) mass is 317 g/mol. The molecule has 1 saturated heterocycles. The third kappa shape index (κ3) is 3.32. The van der Waals surface area contributed by atoms with Gasteiger partial charge >= 0.3 is 6.18 Å². The van der Waals surface area contributed by atoms with Gasteiger partial charge in [0.1, 0.15) is 11.5 Å². The van der Waals surface area contributed by atoms with Crippen molar-refractivity contribution in [2.45, 2.75) is 32.5 Å². The van der Waals surface area contributed by atoms with Crippen LogP contribution in [0, 0.1) is 5.92 Å². The first-order chi connectivity index (χ1) is 10.3. The van der Waals surface area contributed by atoms with E-state index < -0.39 is 12.1 Å². The van der Waals surface area contributed by atoms with Gasteiger partial charge in [-0.25, -0.2) is 0 Å². The predicted octanol–water partition coefficient (Wildman–Crippen LogP) is 3.82. The van der Waals surface area contributed by atoms with Gasteiger partial charge < -0.3 is 9.47 Å². The van der Waals surface area contributed by atoms with Crippen molar-refractivity contribution in [2.24, 2.45) is 5.92 Å². The number of ether oxygens (including phenoxy) is 2. The van der Waals surface area contributed by atoms with Crippen molar-refractivity contribution in [3.63, 3.8) is 0 Å². The molecule has 1 aromatic rings. The zero-order valence-corrected chi connectivity index (χ0v) is 13.3. The van der Waals surface area contributed by atoms with Crippen molar-refractivity contribution in [1.82, 2.24) is 4.90 Å². The number of methoxy groups -OCH3 is 2. The SMILES string of the molecule is COc1ccc(CN2CC(C(F)(F)F)C2)c(OC)c1C(C)C. The summed E-state index contributed by atoms with van der Waals surface area (Å²) in [7, 11) is 3.18. The smallest absolute Gasteiger partial charge is 0.394 e. The number of likely N-dealkylation sites (tertiary alicyclic amines) is 1. The van der Waals surface area contributed by atoms with E-state index in [1.807, 2.05) is 26.0 Å². The normalized spacial score (nSPS) is 16.7. The van der Waals surface area contributed by atoms with Crippen molar-refractivity contribution in [3.05, 3.63) is 23.3 Å². The van der Waals surface area contributed by atoms with E-state index in [-0.39, 0.29) is 19.0 Å². The summed E-state index contributed by atoms with van der Waals surface area (Å²) >= 11 is 0. The van der Waals surface area contributed by atoms with Crippen LogP contribution in [0.3, 0.4) is 0 Å². The van der Waals surface area contributed by atoms with Crippen LogP contribution in [0.2, 0.25) is 0 Å². The van der Waals surface area contributed by atoms with E-state index in [2.05, 4.69) is 0 Å². The summed E-state index contributed by atoms with van der Waals surface area (Å²) in [5.74, 6) is 0.447. The van der Waals surface area contributed by atoms with Crippen LogP contribution in [0.4, 0.5) is 13.2 Å². The van der Waals surface area contributed by atoms with Gasteiger partial charge in [-0.05, 0) is 12.0 Å². The Kier molecular flexibility index (Phi) is 4.90. The van der Waals surface area contributed by atoms with Crippen molar-refractivity contribution in [3.8, 4) is 11.5 Å². The quantitative estimate of drug-likeness (QED) is 0.824. The highest BCUT2D eigenvalue weighted by atomic mass is 19.4. The van der Waals surface area contributed by atoms with Crippen LogP contribution in [0.15, 0.2) is 12.1 Å². The zero-order chi connectivity index (χ0) is 16.5. The second-order valence-electron chi connectivity index (χ2n) is 5.96. The van der Waals surface area contributed by atoms with Gasteiger partial charge in [0.2, 0.25) is 0 Å². The highest BCUT2D eigenvalue weighted by Gasteiger charge is 2.47. The highest BCUT2D eigenvalue weighted by Crippen LogP contribution is 2.40. The molecule has 0 N–H and O–H groups in total.